The second-order valence-electron chi connectivity index (χ2n) is 6.56. The lowest BCUT2D eigenvalue weighted by atomic mass is 9.86. The molecule has 2 atom stereocenters. The number of halogens is 1. The number of aromatic nitrogens is 1. The highest BCUT2D eigenvalue weighted by atomic mass is 35.5. The highest BCUT2D eigenvalue weighted by Crippen LogP contribution is 2.26. The summed E-state index contributed by atoms with van der Waals surface area (Å²) in [6.45, 7) is 1.86. The van der Waals surface area contributed by atoms with Crippen molar-refractivity contribution < 1.29 is 14.3 Å². The van der Waals surface area contributed by atoms with Crippen molar-refractivity contribution in [2.24, 2.45) is 5.92 Å². The first kappa shape index (κ1) is 18.9. The Kier molecular flexibility index (Phi) is 6.27. The number of rotatable bonds is 5. The van der Waals surface area contributed by atoms with Crippen LogP contribution in [0.1, 0.15) is 43.1 Å². The van der Waals surface area contributed by atoms with Gasteiger partial charge in [-0.3, -0.25) is 4.79 Å². The van der Waals surface area contributed by atoms with Crippen LogP contribution in [0.25, 0.3) is 10.6 Å². The Morgan fingerprint density at radius 1 is 1.35 bits per heavy atom. The molecule has 0 aliphatic heterocycles. The van der Waals surface area contributed by atoms with E-state index in [9.17, 15) is 9.59 Å². The first-order chi connectivity index (χ1) is 12.5. The number of hydrogen-bond donors (Lipinski definition) is 1. The van der Waals surface area contributed by atoms with Gasteiger partial charge < -0.3 is 10.1 Å². The van der Waals surface area contributed by atoms with Gasteiger partial charge in [-0.1, -0.05) is 43.5 Å². The molecule has 7 heteroatoms. The minimum atomic E-state index is -0.596. The van der Waals surface area contributed by atoms with Crippen molar-refractivity contribution >= 4 is 34.8 Å². The molecule has 0 bridgehead atoms. The van der Waals surface area contributed by atoms with Gasteiger partial charge in [0.05, 0.1) is 0 Å². The number of nitrogens with zero attached hydrogens (tertiary/aromatic N) is 1. The Morgan fingerprint density at radius 3 is 2.92 bits per heavy atom. The predicted octanol–water partition coefficient (Wildman–Crippen LogP) is 4.32. The van der Waals surface area contributed by atoms with Crippen molar-refractivity contribution in [3.05, 3.63) is 40.4 Å². The highest BCUT2D eigenvalue weighted by molar-refractivity contribution is 7.13. The molecule has 0 spiro atoms. The molecule has 1 aromatic carbocycles. The van der Waals surface area contributed by atoms with Crippen LogP contribution in [-0.2, 0) is 9.53 Å². The summed E-state index contributed by atoms with van der Waals surface area (Å²) in [6, 6.07) is 7.43. The molecular weight excluding hydrogens is 372 g/mol. The number of carbonyl (C=O) groups is 2. The maximum Gasteiger partial charge on any atom is 0.358 e. The van der Waals surface area contributed by atoms with Crippen molar-refractivity contribution in [2.75, 3.05) is 6.61 Å². The largest absolute Gasteiger partial charge is 0.451 e. The molecule has 5 nitrogen and oxygen atoms in total. The Bertz CT molecular complexity index is 793. The van der Waals surface area contributed by atoms with Gasteiger partial charge in [-0.2, -0.15) is 0 Å². The Morgan fingerprint density at radius 2 is 2.15 bits per heavy atom. The highest BCUT2D eigenvalue weighted by Gasteiger charge is 2.23. The molecule has 1 aliphatic rings. The van der Waals surface area contributed by atoms with Crippen molar-refractivity contribution in [2.45, 2.75) is 38.6 Å². The monoisotopic (exact) mass is 392 g/mol. The second kappa shape index (κ2) is 8.64. The molecule has 0 saturated heterocycles. The topological polar surface area (TPSA) is 68.3 Å². The summed E-state index contributed by atoms with van der Waals surface area (Å²) in [4.78, 5) is 28.4. The zero-order valence-corrected chi connectivity index (χ0v) is 16.1. The van der Waals surface area contributed by atoms with E-state index in [0.29, 0.717) is 15.9 Å². The maximum absolute atomic E-state index is 12.1. The van der Waals surface area contributed by atoms with Crippen molar-refractivity contribution in [1.29, 1.82) is 0 Å². The van der Waals surface area contributed by atoms with E-state index >= 15 is 0 Å². The van der Waals surface area contributed by atoms with Gasteiger partial charge in [0.2, 0.25) is 0 Å². The van der Waals surface area contributed by atoms with Gasteiger partial charge in [0.1, 0.15) is 5.01 Å². The van der Waals surface area contributed by atoms with Crippen LogP contribution in [0.2, 0.25) is 5.02 Å². The molecule has 3 rings (SSSR count). The van der Waals surface area contributed by atoms with Crippen LogP contribution in [0.15, 0.2) is 29.6 Å². The minimum absolute atomic E-state index is 0.170. The lowest BCUT2D eigenvalue weighted by molar-refractivity contribution is -0.125. The standard InChI is InChI=1S/C19H21ClN2O3S/c1-12-5-2-3-8-15(12)21-17(23)10-25-19(24)16-11-26-18(22-16)13-6-4-7-14(20)9-13/h4,6-7,9,11-12,15H,2-3,5,8,10H2,1H3,(H,21,23)/t12-,15+/m1/s1. The average molecular weight is 393 g/mol. The molecule has 1 N–H and O–H groups in total. The fraction of sp³-hybridized carbons (Fsp3) is 0.421. The summed E-state index contributed by atoms with van der Waals surface area (Å²) in [7, 11) is 0. The van der Waals surface area contributed by atoms with Crippen LogP contribution < -0.4 is 5.32 Å². The molecule has 1 saturated carbocycles. The number of nitrogens with one attached hydrogen (secondary N) is 1. The number of carbonyl (C=O) groups excluding carboxylic acids is 2. The SMILES string of the molecule is C[C@@H]1CCCC[C@@H]1NC(=O)COC(=O)c1csc(-c2cccc(Cl)c2)n1. The Hall–Kier alpha value is -1.92. The van der Waals surface area contributed by atoms with Gasteiger partial charge in [-0.15, -0.1) is 11.3 Å². The summed E-state index contributed by atoms with van der Waals surface area (Å²) in [5.41, 5.74) is 1.04. The van der Waals surface area contributed by atoms with E-state index in [0.717, 1.165) is 24.8 Å². The van der Waals surface area contributed by atoms with E-state index in [2.05, 4.69) is 17.2 Å². The van der Waals surface area contributed by atoms with Crippen LogP contribution in [0.5, 0.6) is 0 Å². The van der Waals surface area contributed by atoms with Crippen molar-refractivity contribution in [3.8, 4) is 10.6 Å². The molecule has 1 heterocycles. The lowest BCUT2D eigenvalue weighted by Crippen LogP contribution is -2.42. The van der Waals surface area contributed by atoms with Crippen LogP contribution in [-0.4, -0.2) is 29.5 Å². The molecule has 1 aliphatic carbocycles. The number of esters is 1. The summed E-state index contributed by atoms with van der Waals surface area (Å²) >= 11 is 7.31. The van der Waals surface area contributed by atoms with Crippen molar-refractivity contribution in [3.63, 3.8) is 0 Å². The lowest BCUT2D eigenvalue weighted by Gasteiger charge is -2.29. The van der Waals surface area contributed by atoms with Crippen LogP contribution >= 0.6 is 22.9 Å². The first-order valence-electron chi connectivity index (χ1n) is 8.71. The fourth-order valence-corrected chi connectivity index (χ4v) is 4.08. The van der Waals surface area contributed by atoms with Crippen LogP contribution in [0.4, 0.5) is 0 Å². The quantitative estimate of drug-likeness (QED) is 0.769. The summed E-state index contributed by atoms with van der Waals surface area (Å²) in [6.07, 6.45) is 4.44. The van der Waals surface area contributed by atoms with E-state index in [1.165, 1.54) is 17.8 Å². The second-order valence-corrected chi connectivity index (χ2v) is 7.85. The zero-order valence-electron chi connectivity index (χ0n) is 14.5. The number of thiazole rings is 1. The molecular formula is C19H21ClN2O3S. The van der Waals surface area contributed by atoms with E-state index in [1.807, 2.05) is 12.1 Å². The first-order valence-corrected chi connectivity index (χ1v) is 9.96. The maximum atomic E-state index is 12.1. The molecule has 1 fully saturated rings. The number of hydrogen-bond acceptors (Lipinski definition) is 5. The smallest absolute Gasteiger partial charge is 0.358 e. The molecule has 138 valence electrons. The fourth-order valence-electron chi connectivity index (χ4n) is 3.11. The average Bonchev–Trinajstić information content (AvgIpc) is 3.12. The zero-order chi connectivity index (χ0) is 18.5. The summed E-state index contributed by atoms with van der Waals surface area (Å²) < 4.78 is 5.11. The van der Waals surface area contributed by atoms with Crippen LogP contribution in [0.3, 0.4) is 0 Å². The van der Waals surface area contributed by atoms with Crippen molar-refractivity contribution in [1.82, 2.24) is 10.3 Å². The Balaban J connectivity index is 1.53. The van der Waals surface area contributed by atoms with Gasteiger partial charge in [0, 0.05) is 22.0 Å². The molecule has 2 aromatic rings. The van der Waals surface area contributed by atoms with E-state index in [-0.39, 0.29) is 24.2 Å². The molecule has 1 amide bonds. The van der Waals surface area contributed by atoms with Crippen LogP contribution in [0, 0.1) is 5.92 Å². The number of amides is 1. The van der Waals surface area contributed by atoms with Gasteiger partial charge in [-0.25, -0.2) is 9.78 Å². The molecule has 0 unspecified atom stereocenters. The van der Waals surface area contributed by atoms with Gasteiger partial charge in [-0.05, 0) is 30.9 Å². The van der Waals surface area contributed by atoms with E-state index in [4.69, 9.17) is 16.3 Å². The van der Waals surface area contributed by atoms with Gasteiger partial charge >= 0.3 is 5.97 Å². The number of benzene rings is 1. The Labute approximate surface area is 161 Å². The molecule has 0 radical (unpaired) electrons. The number of ether oxygens (including phenoxy) is 1. The minimum Gasteiger partial charge on any atom is -0.451 e. The van der Waals surface area contributed by atoms with E-state index < -0.39 is 5.97 Å². The van der Waals surface area contributed by atoms with E-state index in [1.54, 1.807) is 17.5 Å². The molecule has 1 aromatic heterocycles. The third kappa shape index (κ3) is 4.83. The summed E-state index contributed by atoms with van der Waals surface area (Å²) in [5, 5.41) is 5.88. The normalized spacial score (nSPS) is 19.8. The van der Waals surface area contributed by atoms with Gasteiger partial charge in [0.15, 0.2) is 12.3 Å². The predicted molar refractivity (Wildman–Crippen MR) is 102 cm³/mol. The molecule has 26 heavy (non-hydrogen) atoms. The summed E-state index contributed by atoms with van der Waals surface area (Å²) in [5.74, 6) is -0.397. The van der Waals surface area contributed by atoms with Gasteiger partial charge in [0.25, 0.3) is 5.91 Å². The third-order valence-corrected chi connectivity index (χ3v) is 5.70. The third-order valence-electron chi connectivity index (χ3n) is 4.58.